The molecule has 0 aromatic heterocycles. The standard InChI is InChI=1S/C11H20N2O2.C2H4O2/c12-10-1-4-13(5-2-10)11(14)7-9-3-6-15-8-9;1-2(3)4/h9-10H,1-8,12H2;1H3,(H,3,4). The Morgan fingerprint density at radius 3 is 2.37 bits per heavy atom. The predicted molar refractivity (Wildman–Crippen MR) is 70.6 cm³/mol. The Kier molecular flexibility index (Phi) is 6.80. The van der Waals surface area contributed by atoms with Crippen molar-refractivity contribution in [3.8, 4) is 0 Å². The number of amides is 1. The van der Waals surface area contributed by atoms with Gasteiger partial charge in [0.25, 0.3) is 5.97 Å². The molecule has 1 unspecified atom stereocenters. The van der Waals surface area contributed by atoms with Gasteiger partial charge < -0.3 is 20.5 Å². The maximum Gasteiger partial charge on any atom is 0.300 e. The van der Waals surface area contributed by atoms with E-state index >= 15 is 0 Å². The van der Waals surface area contributed by atoms with E-state index in [4.69, 9.17) is 20.4 Å². The minimum absolute atomic E-state index is 0.289. The lowest BCUT2D eigenvalue weighted by molar-refractivity contribution is -0.134. The van der Waals surface area contributed by atoms with E-state index in [-0.39, 0.29) is 5.91 Å². The van der Waals surface area contributed by atoms with Crippen LogP contribution >= 0.6 is 0 Å². The molecule has 2 aliphatic heterocycles. The van der Waals surface area contributed by atoms with Crippen molar-refractivity contribution in [1.82, 2.24) is 4.90 Å². The summed E-state index contributed by atoms with van der Waals surface area (Å²) in [6.07, 6.45) is 3.61. The number of likely N-dealkylation sites (tertiary alicyclic amines) is 1. The monoisotopic (exact) mass is 272 g/mol. The van der Waals surface area contributed by atoms with Crippen molar-refractivity contribution >= 4 is 11.9 Å². The molecule has 0 aromatic rings. The Morgan fingerprint density at radius 2 is 1.89 bits per heavy atom. The summed E-state index contributed by atoms with van der Waals surface area (Å²) in [4.78, 5) is 22.9. The van der Waals surface area contributed by atoms with Crippen LogP contribution in [0.15, 0.2) is 0 Å². The van der Waals surface area contributed by atoms with Crippen LogP contribution in [0.25, 0.3) is 0 Å². The largest absolute Gasteiger partial charge is 0.481 e. The number of carboxylic acids is 1. The first-order chi connectivity index (χ1) is 8.99. The van der Waals surface area contributed by atoms with E-state index in [1.165, 1.54) is 0 Å². The average Bonchev–Trinajstić information content (AvgIpc) is 2.82. The average molecular weight is 272 g/mol. The summed E-state index contributed by atoms with van der Waals surface area (Å²) in [5.74, 6) is -0.0921. The van der Waals surface area contributed by atoms with Crippen LogP contribution in [0.5, 0.6) is 0 Å². The summed E-state index contributed by atoms with van der Waals surface area (Å²) >= 11 is 0. The quantitative estimate of drug-likeness (QED) is 0.761. The molecule has 0 aromatic carbocycles. The van der Waals surface area contributed by atoms with Gasteiger partial charge in [-0.2, -0.15) is 0 Å². The Bertz CT molecular complexity index is 291. The Morgan fingerprint density at radius 1 is 1.32 bits per heavy atom. The third-order valence-corrected chi connectivity index (χ3v) is 3.38. The minimum Gasteiger partial charge on any atom is -0.481 e. The van der Waals surface area contributed by atoms with Gasteiger partial charge in [0, 0.05) is 45.7 Å². The van der Waals surface area contributed by atoms with Crippen LogP contribution in [-0.2, 0) is 14.3 Å². The fraction of sp³-hybridized carbons (Fsp3) is 0.846. The van der Waals surface area contributed by atoms with Crippen molar-refractivity contribution in [2.75, 3.05) is 26.3 Å². The molecule has 0 aliphatic carbocycles. The highest BCUT2D eigenvalue weighted by Crippen LogP contribution is 2.19. The second kappa shape index (κ2) is 8.12. The fourth-order valence-electron chi connectivity index (χ4n) is 2.27. The van der Waals surface area contributed by atoms with Crippen LogP contribution in [0.4, 0.5) is 0 Å². The number of hydrogen-bond acceptors (Lipinski definition) is 4. The highest BCUT2D eigenvalue weighted by Gasteiger charge is 2.25. The van der Waals surface area contributed by atoms with E-state index in [2.05, 4.69) is 0 Å². The number of nitrogens with zero attached hydrogens (tertiary/aromatic N) is 1. The van der Waals surface area contributed by atoms with Crippen molar-refractivity contribution in [1.29, 1.82) is 0 Å². The van der Waals surface area contributed by atoms with E-state index in [0.29, 0.717) is 18.4 Å². The topological polar surface area (TPSA) is 92.9 Å². The molecule has 0 spiro atoms. The van der Waals surface area contributed by atoms with Crippen molar-refractivity contribution in [2.24, 2.45) is 11.7 Å². The van der Waals surface area contributed by atoms with Gasteiger partial charge in [0.1, 0.15) is 0 Å². The normalized spacial score (nSPS) is 23.7. The number of carbonyl (C=O) groups excluding carboxylic acids is 1. The van der Waals surface area contributed by atoms with Crippen LogP contribution in [-0.4, -0.2) is 54.2 Å². The second-order valence-electron chi connectivity index (χ2n) is 5.17. The van der Waals surface area contributed by atoms with Crippen molar-refractivity contribution < 1.29 is 19.4 Å². The molecule has 3 N–H and O–H groups in total. The molecular formula is C13H24N2O4. The maximum absolute atomic E-state index is 11.9. The smallest absolute Gasteiger partial charge is 0.300 e. The highest BCUT2D eigenvalue weighted by molar-refractivity contribution is 5.76. The predicted octanol–water partition coefficient (Wildman–Crippen LogP) is 0.454. The molecular weight excluding hydrogens is 248 g/mol. The van der Waals surface area contributed by atoms with Crippen LogP contribution < -0.4 is 5.73 Å². The maximum atomic E-state index is 11.9. The molecule has 2 rings (SSSR count). The number of ether oxygens (including phenoxy) is 1. The van der Waals surface area contributed by atoms with Crippen molar-refractivity contribution in [2.45, 2.75) is 38.6 Å². The van der Waals surface area contributed by atoms with Gasteiger partial charge in [0.15, 0.2) is 0 Å². The fourth-order valence-corrected chi connectivity index (χ4v) is 2.27. The van der Waals surface area contributed by atoms with Gasteiger partial charge >= 0.3 is 0 Å². The van der Waals surface area contributed by atoms with E-state index in [9.17, 15) is 4.79 Å². The molecule has 2 saturated heterocycles. The van der Waals surface area contributed by atoms with Gasteiger partial charge in [0.2, 0.25) is 5.91 Å². The van der Waals surface area contributed by atoms with Gasteiger partial charge in [0.05, 0.1) is 0 Å². The summed E-state index contributed by atoms with van der Waals surface area (Å²) in [5.41, 5.74) is 5.80. The SMILES string of the molecule is CC(=O)O.NC1CCN(C(=O)CC2CCOC2)CC1. The number of carbonyl (C=O) groups is 2. The molecule has 19 heavy (non-hydrogen) atoms. The zero-order valence-electron chi connectivity index (χ0n) is 11.5. The molecule has 6 nitrogen and oxygen atoms in total. The Hall–Kier alpha value is -1.14. The molecule has 2 aliphatic rings. The number of rotatable bonds is 2. The summed E-state index contributed by atoms with van der Waals surface area (Å²) < 4.78 is 5.27. The molecule has 2 heterocycles. The van der Waals surface area contributed by atoms with E-state index < -0.39 is 5.97 Å². The van der Waals surface area contributed by atoms with E-state index in [1.807, 2.05) is 4.90 Å². The number of piperidine rings is 1. The lowest BCUT2D eigenvalue weighted by Crippen LogP contribution is -2.43. The molecule has 0 saturated carbocycles. The first-order valence-electron chi connectivity index (χ1n) is 6.79. The van der Waals surface area contributed by atoms with Gasteiger partial charge in [-0.25, -0.2) is 0 Å². The van der Waals surface area contributed by atoms with E-state index in [0.717, 1.165) is 52.5 Å². The molecule has 0 radical (unpaired) electrons. The van der Waals surface area contributed by atoms with Crippen molar-refractivity contribution in [3.05, 3.63) is 0 Å². The lowest BCUT2D eigenvalue weighted by Gasteiger charge is -2.30. The van der Waals surface area contributed by atoms with E-state index in [1.54, 1.807) is 0 Å². The molecule has 1 amide bonds. The first kappa shape index (κ1) is 15.9. The van der Waals surface area contributed by atoms with Crippen molar-refractivity contribution in [3.63, 3.8) is 0 Å². The highest BCUT2D eigenvalue weighted by atomic mass is 16.5. The summed E-state index contributed by atoms with van der Waals surface area (Å²) in [7, 11) is 0. The first-order valence-corrected chi connectivity index (χ1v) is 6.79. The Labute approximate surface area is 113 Å². The third kappa shape index (κ3) is 6.54. The number of aliphatic carboxylic acids is 1. The molecule has 2 fully saturated rings. The van der Waals surface area contributed by atoms with Gasteiger partial charge in [-0.3, -0.25) is 9.59 Å². The minimum atomic E-state index is -0.833. The van der Waals surface area contributed by atoms with Crippen LogP contribution in [0, 0.1) is 5.92 Å². The molecule has 6 heteroatoms. The van der Waals surface area contributed by atoms with Crippen LogP contribution in [0.3, 0.4) is 0 Å². The molecule has 1 atom stereocenters. The third-order valence-electron chi connectivity index (χ3n) is 3.38. The van der Waals surface area contributed by atoms with Gasteiger partial charge in [-0.15, -0.1) is 0 Å². The van der Waals surface area contributed by atoms with Crippen LogP contribution in [0.1, 0.15) is 32.6 Å². The lowest BCUT2D eigenvalue weighted by atomic mass is 10.0. The molecule has 110 valence electrons. The summed E-state index contributed by atoms with van der Waals surface area (Å²) in [6, 6.07) is 0.295. The Balaban J connectivity index is 0.000000399. The zero-order chi connectivity index (χ0) is 14.3. The number of carboxylic acid groups (broad SMARTS) is 1. The summed E-state index contributed by atoms with van der Waals surface area (Å²) in [5, 5.41) is 7.42. The summed E-state index contributed by atoms with van der Waals surface area (Å²) in [6.45, 7) is 4.35. The number of hydrogen-bond donors (Lipinski definition) is 2. The van der Waals surface area contributed by atoms with Gasteiger partial charge in [-0.1, -0.05) is 0 Å². The number of nitrogens with two attached hydrogens (primary N) is 1. The second-order valence-corrected chi connectivity index (χ2v) is 5.17. The zero-order valence-corrected chi connectivity index (χ0v) is 11.5. The van der Waals surface area contributed by atoms with Gasteiger partial charge in [-0.05, 0) is 25.2 Å². The molecule has 0 bridgehead atoms. The van der Waals surface area contributed by atoms with Crippen LogP contribution in [0.2, 0.25) is 0 Å².